The number of nitriles is 1. The number of benzene rings is 3. The number of halogens is 2. The molecule has 3 nitrogen and oxygen atoms in total. The molecule has 0 aliphatic carbocycles. The number of allylic oxidation sites excluding steroid dienone is 1. The van der Waals surface area contributed by atoms with Crippen LogP contribution in [0.1, 0.15) is 16.7 Å². The third kappa shape index (κ3) is 4.95. The molecule has 0 amide bonds. The van der Waals surface area contributed by atoms with Gasteiger partial charge in [0.15, 0.2) is 0 Å². The summed E-state index contributed by atoms with van der Waals surface area (Å²) >= 11 is 9.71. The summed E-state index contributed by atoms with van der Waals surface area (Å²) in [6.07, 6.45) is 1.84. The Hall–Kier alpha value is -2.74. The second kappa shape index (κ2) is 9.45. The summed E-state index contributed by atoms with van der Waals surface area (Å²) in [7, 11) is 1.61. The lowest BCUT2D eigenvalue weighted by atomic mass is 10.0. The van der Waals surface area contributed by atoms with Crippen molar-refractivity contribution in [2.24, 2.45) is 0 Å². The van der Waals surface area contributed by atoms with Gasteiger partial charge < -0.3 is 9.47 Å². The number of hydrogen-bond acceptors (Lipinski definition) is 3. The van der Waals surface area contributed by atoms with Crippen molar-refractivity contribution in [3.8, 4) is 17.6 Å². The van der Waals surface area contributed by atoms with Crippen LogP contribution in [-0.4, -0.2) is 7.11 Å². The second-order valence-corrected chi connectivity index (χ2v) is 7.23. The molecule has 0 spiro atoms. The van der Waals surface area contributed by atoms with Gasteiger partial charge >= 0.3 is 0 Å². The van der Waals surface area contributed by atoms with Crippen molar-refractivity contribution in [2.75, 3.05) is 7.11 Å². The Balaban J connectivity index is 1.77. The number of hydrogen-bond donors (Lipinski definition) is 0. The summed E-state index contributed by atoms with van der Waals surface area (Å²) in [5, 5.41) is 10.2. The van der Waals surface area contributed by atoms with E-state index in [9.17, 15) is 5.26 Å². The van der Waals surface area contributed by atoms with Crippen molar-refractivity contribution in [3.05, 3.63) is 92.9 Å². The van der Waals surface area contributed by atoms with E-state index in [2.05, 4.69) is 22.0 Å². The van der Waals surface area contributed by atoms with Gasteiger partial charge in [0.25, 0.3) is 0 Å². The van der Waals surface area contributed by atoms with Crippen LogP contribution in [0.3, 0.4) is 0 Å². The van der Waals surface area contributed by atoms with Gasteiger partial charge in [0.1, 0.15) is 18.1 Å². The first-order chi connectivity index (χ1) is 13.6. The molecule has 140 valence electrons. The van der Waals surface area contributed by atoms with Crippen LogP contribution in [0.2, 0.25) is 5.02 Å². The van der Waals surface area contributed by atoms with Gasteiger partial charge in [-0.3, -0.25) is 0 Å². The highest BCUT2D eigenvalue weighted by molar-refractivity contribution is 9.10. The molecular weight excluding hydrogens is 438 g/mol. The molecule has 0 radical (unpaired) electrons. The van der Waals surface area contributed by atoms with Crippen LogP contribution in [0.15, 0.2) is 71.2 Å². The van der Waals surface area contributed by atoms with E-state index in [4.69, 9.17) is 21.1 Å². The van der Waals surface area contributed by atoms with Crippen LogP contribution in [-0.2, 0) is 6.61 Å². The van der Waals surface area contributed by atoms with E-state index < -0.39 is 0 Å². The van der Waals surface area contributed by atoms with Crippen LogP contribution in [0, 0.1) is 11.3 Å². The van der Waals surface area contributed by atoms with Crippen molar-refractivity contribution in [3.63, 3.8) is 0 Å². The van der Waals surface area contributed by atoms with Gasteiger partial charge in [-0.15, -0.1) is 0 Å². The minimum absolute atomic E-state index is 0.378. The summed E-state index contributed by atoms with van der Waals surface area (Å²) in [5.74, 6) is 1.46. The van der Waals surface area contributed by atoms with E-state index in [1.807, 2.05) is 72.8 Å². The fourth-order valence-electron chi connectivity index (χ4n) is 2.61. The average Bonchev–Trinajstić information content (AvgIpc) is 2.72. The Morgan fingerprint density at radius 1 is 1.11 bits per heavy atom. The normalized spacial score (nSPS) is 11.0. The van der Waals surface area contributed by atoms with Gasteiger partial charge in [-0.05, 0) is 75.6 Å². The molecule has 0 atom stereocenters. The van der Waals surface area contributed by atoms with Gasteiger partial charge in [0.05, 0.1) is 23.2 Å². The Bertz CT molecular complexity index is 1040. The lowest BCUT2D eigenvalue weighted by molar-refractivity contribution is 0.304. The molecule has 3 rings (SSSR count). The molecule has 5 heteroatoms. The molecule has 0 aromatic heterocycles. The maximum absolute atomic E-state index is 9.53. The van der Waals surface area contributed by atoms with Crippen molar-refractivity contribution in [2.45, 2.75) is 6.61 Å². The predicted octanol–water partition coefficient (Wildman–Crippen LogP) is 6.75. The highest BCUT2D eigenvalue weighted by Crippen LogP contribution is 2.29. The Kier molecular flexibility index (Phi) is 6.76. The quantitative estimate of drug-likeness (QED) is 0.305. The molecule has 0 aliphatic heterocycles. The molecule has 0 aliphatic rings. The van der Waals surface area contributed by atoms with E-state index in [1.54, 1.807) is 7.11 Å². The molecule has 0 saturated heterocycles. The molecule has 0 heterocycles. The van der Waals surface area contributed by atoms with Crippen molar-refractivity contribution < 1.29 is 9.47 Å². The molecule has 0 fully saturated rings. The molecule has 3 aromatic rings. The Labute approximate surface area is 177 Å². The van der Waals surface area contributed by atoms with Crippen LogP contribution in [0.25, 0.3) is 11.6 Å². The van der Waals surface area contributed by atoms with Gasteiger partial charge in [-0.1, -0.05) is 35.9 Å². The lowest BCUT2D eigenvalue weighted by Crippen LogP contribution is -1.97. The van der Waals surface area contributed by atoms with Crippen LogP contribution in [0.4, 0.5) is 0 Å². The molecule has 0 saturated carbocycles. The van der Waals surface area contributed by atoms with Crippen LogP contribution >= 0.6 is 27.5 Å². The second-order valence-electron chi connectivity index (χ2n) is 5.97. The van der Waals surface area contributed by atoms with Gasteiger partial charge in [-0.2, -0.15) is 5.26 Å². The SMILES string of the molecule is COc1ccc(/C(C#N)=C/c2ccc(OCc3ccccc3Cl)c(Br)c2)cc1. The van der Waals surface area contributed by atoms with Gasteiger partial charge in [0.2, 0.25) is 0 Å². The Morgan fingerprint density at radius 2 is 1.86 bits per heavy atom. The first kappa shape index (κ1) is 20.0. The van der Waals surface area contributed by atoms with Crippen molar-refractivity contribution in [1.82, 2.24) is 0 Å². The first-order valence-electron chi connectivity index (χ1n) is 8.52. The summed E-state index contributed by atoms with van der Waals surface area (Å²) < 4.78 is 11.8. The first-order valence-corrected chi connectivity index (χ1v) is 9.70. The molecular formula is C23H17BrClNO2. The van der Waals surface area contributed by atoms with E-state index in [0.29, 0.717) is 23.0 Å². The molecule has 28 heavy (non-hydrogen) atoms. The summed E-state index contributed by atoms with van der Waals surface area (Å²) in [6, 6.07) is 22.9. The minimum atomic E-state index is 0.378. The van der Waals surface area contributed by atoms with Gasteiger partial charge in [0, 0.05) is 10.6 Å². The highest BCUT2D eigenvalue weighted by atomic mass is 79.9. The number of methoxy groups -OCH3 is 1. The average molecular weight is 455 g/mol. The molecule has 0 N–H and O–H groups in total. The lowest BCUT2D eigenvalue weighted by Gasteiger charge is -2.10. The molecule has 0 bridgehead atoms. The highest BCUT2D eigenvalue weighted by Gasteiger charge is 2.07. The predicted molar refractivity (Wildman–Crippen MR) is 116 cm³/mol. The van der Waals surface area contributed by atoms with E-state index >= 15 is 0 Å². The van der Waals surface area contributed by atoms with Crippen molar-refractivity contribution in [1.29, 1.82) is 5.26 Å². The Morgan fingerprint density at radius 3 is 2.50 bits per heavy atom. The summed E-state index contributed by atoms with van der Waals surface area (Å²) in [4.78, 5) is 0. The van der Waals surface area contributed by atoms with Crippen LogP contribution in [0.5, 0.6) is 11.5 Å². The van der Waals surface area contributed by atoms with Crippen molar-refractivity contribution >= 4 is 39.2 Å². The third-order valence-corrected chi connectivity index (χ3v) is 5.12. The maximum atomic E-state index is 9.53. The zero-order chi connectivity index (χ0) is 19.9. The zero-order valence-corrected chi connectivity index (χ0v) is 17.5. The van der Waals surface area contributed by atoms with E-state index in [0.717, 1.165) is 26.9 Å². The number of ether oxygens (including phenoxy) is 2. The topological polar surface area (TPSA) is 42.2 Å². The minimum Gasteiger partial charge on any atom is -0.497 e. The van der Waals surface area contributed by atoms with Crippen LogP contribution < -0.4 is 9.47 Å². The van der Waals surface area contributed by atoms with E-state index in [1.165, 1.54) is 0 Å². The molecule has 3 aromatic carbocycles. The van der Waals surface area contributed by atoms with Gasteiger partial charge in [-0.25, -0.2) is 0 Å². The molecule has 0 unspecified atom stereocenters. The third-order valence-electron chi connectivity index (χ3n) is 4.13. The smallest absolute Gasteiger partial charge is 0.134 e. The number of rotatable bonds is 6. The zero-order valence-electron chi connectivity index (χ0n) is 15.2. The fourth-order valence-corrected chi connectivity index (χ4v) is 3.31. The monoisotopic (exact) mass is 453 g/mol. The summed E-state index contributed by atoms with van der Waals surface area (Å²) in [5.41, 5.74) is 3.22. The standard InChI is InChI=1S/C23H17BrClNO2/c1-27-20-9-7-17(8-10-20)19(14-26)12-16-6-11-23(21(24)13-16)28-15-18-4-2-3-5-22(18)25/h2-13H,15H2,1H3/b19-12+. The summed E-state index contributed by atoms with van der Waals surface area (Å²) in [6.45, 7) is 0.378. The largest absolute Gasteiger partial charge is 0.497 e. The maximum Gasteiger partial charge on any atom is 0.134 e. The van der Waals surface area contributed by atoms with E-state index in [-0.39, 0.29) is 0 Å². The number of nitrogens with zero attached hydrogens (tertiary/aromatic N) is 1. The fraction of sp³-hybridized carbons (Fsp3) is 0.0870.